The van der Waals surface area contributed by atoms with Crippen molar-refractivity contribution >= 4 is 23.2 Å². The topological polar surface area (TPSA) is 43.1 Å². The minimum absolute atomic E-state index is 0.0140. The maximum atomic E-state index is 11.0. The second kappa shape index (κ2) is 3.63. The van der Waals surface area contributed by atoms with Gasteiger partial charge in [0.2, 0.25) is 0 Å². The van der Waals surface area contributed by atoms with Crippen molar-refractivity contribution in [1.82, 2.24) is 0 Å². The number of hydrogen-bond acceptors (Lipinski definition) is 3. The van der Waals surface area contributed by atoms with Crippen LogP contribution in [0, 0.1) is 0 Å². The van der Waals surface area contributed by atoms with E-state index in [-0.39, 0.29) is 5.78 Å². The number of nitrogen functional groups attached to an aromatic ring is 1. The van der Waals surface area contributed by atoms with E-state index in [9.17, 15) is 4.79 Å². The average Bonchev–Trinajstić information content (AvgIpc) is 2.03. The summed E-state index contributed by atoms with van der Waals surface area (Å²) in [6.07, 6.45) is 1.97. The number of Topliss-reactive ketones (excluding diaryl/α,β-unsaturated/α-hetero) is 1. The van der Waals surface area contributed by atoms with Crippen molar-refractivity contribution in [3.8, 4) is 0 Å². The lowest BCUT2D eigenvalue weighted by atomic mass is 10.1. The molecule has 1 aromatic rings. The molecular weight excluding hydrogens is 170 g/mol. The van der Waals surface area contributed by atoms with Gasteiger partial charge in [-0.2, -0.15) is 0 Å². The molecule has 64 valence electrons. The molecule has 3 heteroatoms. The van der Waals surface area contributed by atoms with E-state index in [0.29, 0.717) is 11.3 Å². The molecule has 0 heterocycles. The Morgan fingerprint density at radius 2 is 2.17 bits per heavy atom. The van der Waals surface area contributed by atoms with Crippen molar-refractivity contribution in [3.05, 3.63) is 23.8 Å². The Labute approximate surface area is 76.2 Å². The SMILES string of the molecule is CSc1ccc(C(C)=O)c(N)c1. The van der Waals surface area contributed by atoms with Gasteiger partial charge in [-0.05, 0) is 31.4 Å². The van der Waals surface area contributed by atoms with Crippen LogP contribution in [0.1, 0.15) is 17.3 Å². The number of rotatable bonds is 2. The third-order valence-corrected chi connectivity index (χ3v) is 2.36. The molecule has 0 saturated carbocycles. The van der Waals surface area contributed by atoms with Crippen molar-refractivity contribution in [2.75, 3.05) is 12.0 Å². The largest absolute Gasteiger partial charge is 0.398 e. The molecule has 2 nitrogen and oxygen atoms in total. The summed E-state index contributed by atoms with van der Waals surface area (Å²) < 4.78 is 0. The molecule has 0 amide bonds. The Hall–Kier alpha value is -0.960. The molecule has 0 spiro atoms. The molecule has 0 fully saturated rings. The average molecular weight is 181 g/mol. The highest BCUT2D eigenvalue weighted by molar-refractivity contribution is 7.98. The second-order valence-corrected chi connectivity index (χ2v) is 3.39. The van der Waals surface area contributed by atoms with Crippen molar-refractivity contribution in [2.45, 2.75) is 11.8 Å². The summed E-state index contributed by atoms with van der Waals surface area (Å²) in [5.41, 5.74) is 6.83. The van der Waals surface area contributed by atoms with Gasteiger partial charge in [-0.1, -0.05) is 0 Å². The zero-order valence-corrected chi connectivity index (χ0v) is 7.94. The molecule has 0 bridgehead atoms. The normalized spacial score (nSPS) is 9.83. The molecule has 1 rings (SSSR count). The van der Waals surface area contributed by atoms with Crippen molar-refractivity contribution in [1.29, 1.82) is 0 Å². The summed E-state index contributed by atoms with van der Waals surface area (Å²) in [7, 11) is 0. The number of benzene rings is 1. The van der Waals surface area contributed by atoms with Crippen LogP contribution in [0.4, 0.5) is 5.69 Å². The number of nitrogens with two attached hydrogens (primary N) is 1. The summed E-state index contributed by atoms with van der Waals surface area (Å²) in [6.45, 7) is 1.52. The molecule has 2 N–H and O–H groups in total. The fraction of sp³-hybridized carbons (Fsp3) is 0.222. The molecule has 0 aliphatic heterocycles. The number of hydrogen-bond donors (Lipinski definition) is 1. The Morgan fingerprint density at radius 3 is 2.58 bits per heavy atom. The Balaban J connectivity index is 3.12. The van der Waals surface area contributed by atoms with E-state index < -0.39 is 0 Å². The first-order valence-electron chi connectivity index (χ1n) is 3.59. The van der Waals surface area contributed by atoms with Crippen LogP contribution < -0.4 is 5.73 Å². The zero-order valence-electron chi connectivity index (χ0n) is 7.13. The molecule has 12 heavy (non-hydrogen) atoms. The van der Waals surface area contributed by atoms with Gasteiger partial charge in [0.15, 0.2) is 5.78 Å². The third-order valence-electron chi connectivity index (χ3n) is 1.64. The predicted molar refractivity (Wildman–Crippen MR) is 52.6 cm³/mol. The molecule has 0 unspecified atom stereocenters. The summed E-state index contributed by atoms with van der Waals surface area (Å²) in [4.78, 5) is 12.1. The maximum Gasteiger partial charge on any atom is 0.161 e. The van der Waals surface area contributed by atoms with Gasteiger partial charge >= 0.3 is 0 Å². The summed E-state index contributed by atoms with van der Waals surface area (Å²) in [5, 5.41) is 0. The first kappa shape index (κ1) is 9.13. The fourth-order valence-corrected chi connectivity index (χ4v) is 1.44. The Bertz CT molecular complexity index is 309. The Morgan fingerprint density at radius 1 is 1.50 bits per heavy atom. The number of anilines is 1. The second-order valence-electron chi connectivity index (χ2n) is 2.51. The molecule has 0 atom stereocenters. The van der Waals surface area contributed by atoms with E-state index in [4.69, 9.17) is 5.73 Å². The quantitative estimate of drug-likeness (QED) is 0.432. The van der Waals surface area contributed by atoms with Crippen LogP contribution in [0.25, 0.3) is 0 Å². The minimum atomic E-state index is 0.0140. The first-order chi connectivity index (χ1) is 5.65. The smallest absolute Gasteiger partial charge is 0.161 e. The van der Waals surface area contributed by atoms with Gasteiger partial charge in [-0.3, -0.25) is 4.79 Å². The van der Waals surface area contributed by atoms with Crippen molar-refractivity contribution in [3.63, 3.8) is 0 Å². The lowest BCUT2D eigenvalue weighted by Crippen LogP contribution is -1.98. The van der Waals surface area contributed by atoms with Gasteiger partial charge in [0.25, 0.3) is 0 Å². The standard InChI is InChI=1S/C9H11NOS/c1-6(11)8-4-3-7(12-2)5-9(8)10/h3-5H,10H2,1-2H3. The van der Waals surface area contributed by atoms with Gasteiger partial charge < -0.3 is 5.73 Å². The van der Waals surface area contributed by atoms with Gasteiger partial charge in [0.05, 0.1) is 0 Å². The number of carbonyl (C=O) groups excluding carboxylic acids is 1. The van der Waals surface area contributed by atoms with Crippen LogP contribution in [-0.2, 0) is 0 Å². The lowest BCUT2D eigenvalue weighted by molar-refractivity contribution is 0.101. The Kier molecular flexibility index (Phi) is 2.76. The van der Waals surface area contributed by atoms with E-state index in [1.54, 1.807) is 17.8 Å². The van der Waals surface area contributed by atoms with E-state index in [1.807, 2.05) is 18.4 Å². The molecule has 0 aliphatic carbocycles. The van der Waals surface area contributed by atoms with Crippen molar-refractivity contribution in [2.24, 2.45) is 0 Å². The first-order valence-corrected chi connectivity index (χ1v) is 4.82. The monoisotopic (exact) mass is 181 g/mol. The maximum absolute atomic E-state index is 11.0. The highest BCUT2D eigenvalue weighted by Gasteiger charge is 2.03. The molecule has 0 aromatic heterocycles. The number of ketones is 1. The van der Waals surface area contributed by atoms with Crippen LogP contribution >= 0.6 is 11.8 Å². The minimum Gasteiger partial charge on any atom is -0.398 e. The van der Waals surface area contributed by atoms with Gasteiger partial charge in [0, 0.05) is 16.1 Å². The van der Waals surface area contributed by atoms with Crippen LogP contribution in [-0.4, -0.2) is 12.0 Å². The van der Waals surface area contributed by atoms with Crippen LogP contribution in [0.2, 0.25) is 0 Å². The highest BCUT2D eigenvalue weighted by Crippen LogP contribution is 2.21. The molecule has 0 saturated heterocycles. The van der Waals surface area contributed by atoms with Crippen LogP contribution in [0.15, 0.2) is 23.1 Å². The molecule has 1 aromatic carbocycles. The van der Waals surface area contributed by atoms with Gasteiger partial charge in [-0.25, -0.2) is 0 Å². The fourth-order valence-electron chi connectivity index (χ4n) is 0.988. The van der Waals surface area contributed by atoms with E-state index in [1.165, 1.54) is 6.92 Å². The molecule has 0 aliphatic rings. The molecular formula is C9H11NOS. The lowest BCUT2D eigenvalue weighted by Gasteiger charge is -2.02. The predicted octanol–water partition coefficient (Wildman–Crippen LogP) is 2.19. The van der Waals surface area contributed by atoms with Gasteiger partial charge in [-0.15, -0.1) is 11.8 Å². The van der Waals surface area contributed by atoms with E-state index in [2.05, 4.69) is 0 Å². The summed E-state index contributed by atoms with van der Waals surface area (Å²) in [6, 6.07) is 5.49. The van der Waals surface area contributed by atoms with Crippen LogP contribution in [0.5, 0.6) is 0 Å². The highest BCUT2D eigenvalue weighted by atomic mass is 32.2. The molecule has 0 radical (unpaired) electrons. The zero-order chi connectivity index (χ0) is 9.14. The van der Waals surface area contributed by atoms with E-state index >= 15 is 0 Å². The number of thioether (sulfide) groups is 1. The van der Waals surface area contributed by atoms with Gasteiger partial charge in [0.1, 0.15) is 0 Å². The summed E-state index contributed by atoms with van der Waals surface area (Å²) in [5.74, 6) is 0.0140. The van der Waals surface area contributed by atoms with E-state index in [0.717, 1.165) is 4.90 Å². The number of carbonyl (C=O) groups is 1. The summed E-state index contributed by atoms with van der Waals surface area (Å²) >= 11 is 1.61. The third kappa shape index (κ3) is 1.80. The van der Waals surface area contributed by atoms with Crippen LogP contribution in [0.3, 0.4) is 0 Å². The van der Waals surface area contributed by atoms with Crippen molar-refractivity contribution < 1.29 is 4.79 Å².